The summed E-state index contributed by atoms with van der Waals surface area (Å²) in [6.45, 7) is 7.30. The van der Waals surface area contributed by atoms with Crippen molar-refractivity contribution in [3.8, 4) is 17.7 Å². The molecule has 154 valence electrons. The van der Waals surface area contributed by atoms with E-state index in [1.165, 1.54) is 14.0 Å². The van der Waals surface area contributed by atoms with Crippen LogP contribution in [0.3, 0.4) is 0 Å². The second kappa shape index (κ2) is 9.39. The Hall–Kier alpha value is -3.11. The number of carbonyl (C=O) groups is 1. The van der Waals surface area contributed by atoms with Crippen LogP contribution in [-0.4, -0.2) is 35.8 Å². The molecule has 0 saturated carbocycles. The normalized spacial score (nSPS) is 10.8. The first-order chi connectivity index (χ1) is 13.7. The maximum absolute atomic E-state index is 12.9. The molecule has 29 heavy (non-hydrogen) atoms. The van der Waals surface area contributed by atoms with E-state index in [-0.39, 0.29) is 42.4 Å². The van der Waals surface area contributed by atoms with Crippen LogP contribution in [0.4, 0.5) is 0 Å². The highest BCUT2D eigenvalue weighted by Crippen LogP contribution is 2.28. The molecular formula is C22H26N2O5. The van der Waals surface area contributed by atoms with E-state index < -0.39 is 17.2 Å². The van der Waals surface area contributed by atoms with Crippen molar-refractivity contribution in [2.75, 3.05) is 20.3 Å². The topological polar surface area (TPSA) is 102 Å². The number of nitriles is 1. The molecule has 2 rings (SSSR count). The SMILES string of the molecule is COCCn1c(O)c(C(=O)COc2cc(C)ccc2C(C)C)c(C)c(C#N)c1=O. The van der Waals surface area contributed by atoms with Gasteiger partial charge in [0.1, 0.15) is 17.4 Å². The quantitative estimate of drug-likeness (QED) is 0.686. The first-order valence-electron chi connectivity index (χ1n) is 9.34. The fraction of sp³-hybridized carbons (Fsp3) is 0.409. The lowest BCUT2D eigenvalue weighted by Crippen LogP contribution is -2.29. The fourth-order valence-corrected chi connectivity index (χ4v) is 3.13. The van der Waals surface area contributed by atoms with Gasteiger partial charge in [0, 0.05) is 7.11 Å². The fourth-order valence-electron chi connectivity index (χ4n) is 3.13. The third kappa shape index (κ3) is 4.66. The lowest BCUT2D eigenvalue weighted by Gasteiger charge is -2.17. The molecule has 0 aliphatic heterocycles. The van der Waals surface area contributed by atoms with Crippen LogP contribution in [-0.2, 0) is 11.3 Å². The zero-order valence-electron chi connectivity index (χ0n) is 17.4. The smallest absolute Gasteiger partial charge is 0.271 e. The highest BCUT2D eigenvalue weighted by Gasteiger charge is 2.24. The summed E-state index contributed by atoms with van der Waals surface area (Å²) >= 11 is 0. The molecule has 0 spiro atoms. The molecule has 0 atom stereocenters. The number of methoxy groups -OCH3 is 1. The van der Waals surface area contributed by atoms with Crippen molar-refractivity contribution in [2.24, 2.45) is 0 Å². The Kier molecular flexibility index (Phi) is 7.18. The van der Waals surface area contributed by atoms with Gasteiger partial charge in [-0.15, -0.1) is 0 Å². The van der Waals surface area contributed by atoms with E-state index in [1.54, 1.807) is 0 Å². The van der Waals surface area contributed by atoms with Crippen molar-refractivity contribution in [3.05, 3.63) is 56.4 Å². The Balaban J connectivity index is 2.43. The Bertz CT molecular complexity index is 1020. The maximum Gasteiger partial charge on any atom is 0.271 e. The van der Waals surface area contributed by atoms with Crippen molar-refractivity contribution < 1.29 is 19.4 Å². The molecule has 1 N–H and O–H groups in total. The molecule has 1 aromatic heterocycles. The summed E-state index contributed by atoms with van der Waals surface area (Å²) in [6.07, 6.45) is 0. The minimum absolute atomic E-state index is 0.0205. The zero-order valence-corrected chi connectivity index (χ0v) is 17.4. The number of ketones is 1. The first-order valence-corrected chi connectivity index (χ1v) is 9.34. The number of ether oxygens (including phenoxy) is 2. The van der Waals surface area contributed by atoms with E-state index >= 15 is 0 Å². The summed E-state index contributed by atoms with van der Waals surface area (Å²) in [5.41, 5.74) is 1.18. The number of carbonyl (C=O) groups excluding carboxylic acids is 1. The summed E-state index contributed by atoms with van der Waals surface area (Å²) in [4.78, 5) is 25.3. The number of aromatic hydroxyl groups is 1. The summed E-state index contributed by atoms with van der Waals surface area (Å²) in [7, 11) is 1.45. The van der Waals surface area contributed by atoms with E-state index in [0.29, 0.717) is 5.75 Å². The van der Waals surface area contributed by atoms with Gasteiger partial charge in [0.2, 0.25) is 11.7 Å². The summed E-state index contributed by atoms with van der Waals surface area (Å²) in [6, 6.07) is 7.62. The molecule has 0 fully saturated rings. The van der Waals surface area contributed by atoms with Gasteiger partial charge in [-0.2, -0.15) is 5.26 Å². The van der Waals surface area contributed by atoms with Crippen molar-refractivity contribution in [1.82, 2.24) is 4.57 Å². The van der Waals surface area contributed by atoms with E-state index in [4.69, 9.17) is 9.47 Å². The van der Waals surface area contributed by atoms with Gasteiger partial charge in [-0.05, 0) is 42.5 Å². The van der Waals surface area contributed by atoms with E-state index in [1.807, 2.05) is 45.0 Å². The monoisotopic (exact) mass is 398 g/mol. The summed E-state index contributed by atoms with van der Waals surface area (Å²) < 4.78 is 11.7. The minimum atomic E-state index is -0.655. The molecule has 2 aromatic rings. The molecular weight excluding hydrogens is 372 g/mol. The standard InChI is InChI=1S/C22H26N2O5/c1-13(2)16-7-6-14(3)10-19(16)29-12-18(25)20-15(4)17(11-23)21(26)24(22(20)27)8-9-28-5/h6-7,10,13,27H,8-9,12H2,1-5H3. The molecule has 0 amide bonds. The van der Waals surface area contributed by atoms with Gasteiger partial charge in [0.05, 0.1) is 18.7 Å². The van der Waals surface area contributed by atoms with Gasteiger partial charge in [0.15, 0.2) is 6.61 Å². The second-order valence-corrected chi connectivity index (χ2v) is 7.17. The highest BCUT2D eigenvalue weighted by atomic mass is 16.5. The second-order valence-electron chi connectivity index (χ2n) is 7.17. The average molecular weight is 398 g/mol. The maximum atomic E-state index is 12.9. The lowest BCUT2D eigenvalue weighted by molar-refractivity contribution is 0.0914. The first kappa shape index (κ1) is 22.2. The third-order valence-electron chi connectivity index (χ3n) is 4.75. The third-order valence-corrected chi connectivity index (χ3v) is 4.75. The highest BCUT2D eigenvalue weighted by molar-refractivity contribution is 6.01. The predicted octanol–water partition coefficient (Wildman–Crippen LogP) is 3.07. The van der Waals surface area contributed by atoms with Crippen LogP contribution >= 0.6 is 0 Å². The van der Waals surface area contributed by atoms with Gasteiger partial charge < -0.3 is 14.6 Å². The Morgan fingerprint density at radius 3 is 2.59 bits per heavy atom. The van der Waals surface area contributed by atoms with Crippen LogP contribution in [0.5, 0.6) is 11.6 Å². The van der Waals surface area contributed by atoms with Crippen LogP contribution in [0.25, 0.3) is 0 Å². The molecule has 0 unspecified atom stereocenters. The van der Waals surface area contributed by atoms with E-state index in [2.05, 4.69) is 0 Å². The van der Waals surface area contributed by atoms with Gasteiger partial charge in [-0.1, -0.05) is 26.0 Å². The van der Waals surface area contributed by atoms with Gasteiger partial charge in [-0.25, -0.2) is 0 Å². The lowest BCUT2D eigenvalue weighted by atomic mass is 10.0. The number of Topliss-reactive ketones (excluding diaryl/α,β-unsaturated/α-hetero) is 1. The summed E-state index contributed by atoms with van der Waals surface area (Å²) in [5.74, 6) is -0.194. The van der Waals surface area contributed by atoms with Crippen molar-refractivity contribution in [1.29, 1.82) is 5.26 Å². The predicted molar refractivity (Wildman–Crippen MR) is 109 cm³/mol. The molecule has 0 aliphatic carbocycles. The number of aryl methyl sites for hydroxylation is 1. The van der Waals surface area contributed by atoms with Crippen LogP contribution in [0.2, 0.25) is 0 Å². The molecule has 1 aromatic carbocycles. The molecule has 7 nitrogen and oxygen atoms in total. The van der Waals surface area contributed by atoms with Crippen molar-refractivity contribution in [2.45, 2.75) is 40.2 Å². The average Bonchev–Trinajstić information content (AvgIpc) is 2.66. The van der Waals surface area contributed by atoms with Crippen LogP contribution in [0, 0.1) is 25.2 Å². The van der Waals surface area contributed by atoms with Crippen molar-refractivity contribution >= 4 is 5.78 Å². The van der Waals surface area contributed by atoms with Gasteiger partial charge in [-0.3, -0.25) is 14.2 Å². The van der Waals surface area contributed by atoms with Gasteiger partial charge >= 0.3 is 0 Å². The number of hydrogen-bond acceptors (Lipinski definition) is 6. The molecule has 0 radical (unpaired) electrons. The number of aromatic nitrogens is 1. The Morgan fingerprint density at radius 1 is 1.31 bits per heavy atom. The number of hydrogen-bond donors (Lipinski definition) is 1. The number of benzene rings is 1. The number of rotatable bonds is 8. The van der Waals surface area contributed by atoms with Crippen LogP contribution < -0.4 is 10.3 Å². The van der Waals surface area contributed by atoms with Crippen LogP contribution in [0.1, 0.15) is 52.4 Å². The molecule has 0 saturated heterocycles. The molecule has 7 heteroatoms. The Labute approximate surface area is 170 Å². The minimum Gasteiger partial charge on any atom is -0.494 e. The largest absolute Gasteiger partial charge is 0.494 e. The molecule has 0 bridgehead atoms. The number of pyridine rings is 1. The van der Waals surface area contributed by atoms with E-state index in [9.17, 15) is 20.0 Å². The Morgan fingerprint density at radius 2 is 2.00 bits per heavy atom. The number of nitrogens with zero attached hydrogens (tertiary/aromatic N) is 2. The zero-order chi connectivity index (χ0) is 21.7. The van der Waals surface area contributed by atoms with E-state index in [0.717, 1.165) is 15.7 Å². The molecule has 0 aliphatic rings. The summed E-state index contributed by atoms with van der Waals surface area (Å²) in [5, 5.41) is 19.9. The van der Waals surface area contributed by atoms with Crippen molar-refractivity contribution in [3.63, 3.8) is 0 Å². The van der Waals surface area contributed by atoms with Crippen LogP contribution in [0.15, 0.2) is 23.0 Å². The molecule has 1 heterocycles. The van der Waals surface area contributed by atoms with Gasteiger partial charge in [0.25, 0.3) is 5.56 Å².